The molecule has 1 aromatic rings. The Morgan fingerprint density at radius 3 is 2.67 bits per heavy atom. The van der Waals surface area contributed by atoms with Crippen LogP contribution < -0.4 is 4.74 Å². The summed E-state index contributed by atoms with van der Waals surface area (Å²) in [6.07, 6.45) is 0. The Balaban J connectivity index is 2.34. The van der Waals surface area contributed by atoms with Gasteiger partial charge in [0.25, 0.3) is 0 Å². The van der Waals surface area contributed by atoms with Gasteiger partial charge in [-0.05, 0) is 19.1 Å². The summed E-state index contributed by atoms with van der Waals surface area (Å²) in [5.41, 5.74) is 0. The van der Waals surface area contributed by atoms with Crippen molar-refractivity contribution in [2.45, 2.75) is 11.8 Å². The normalized spacial score (nSPS) is 11.9. The molecule has 1 atom stereocenters. The van der Waals surface area contributed by atoms with Crippen molar-refractivity contribution in [3.05, 3.63) is 30.3 Å². The molecule has 15 heavy (non-hydrogen) atoms. The molecule has 0 aliphatic carbocycles. The van der Waals surface area contributed by atoms with E-state index in [1.807, 2.05) is 30.3 Å². The molecule has 0 aliphatic rings. The van der Waals surface area contributed by atoms with Crippen molar-refractivity contribution in [1.82, 2.24) is 0 Å². The fraction of sp³-hybridized carbons (Fsp3) is 0.364. The van der Waals surface area contributed by atoms with Gasteiger partial charge in [-0.1, -0.05) is 34.1 Å². The van der Waals surface area contributed by atoms with Gasteiger partial charge in [0.15, 0.2) is 0 Å². The number of carbonyl (C=O) groups excluding carboxylic acids is 1. The van der Waals surface area contributed by atoms with Crippen molar-refractivity contribution in [1.29, 1.82) is 0 Å². The fourth-order valence-electron chi connectivity index (χ4n) is 0.987. The number of benzene rings is 1. The lowest BCUT2D eigenvalue weighted by molar-refractivity contribution is -0.142. The van der Waals surface area contributed by atoms with Gasteiger partial charge in [0, 0.05) is 0 Å². The van der Waals surface area contributed by atoms with Crippen molar-refractivity contribution in [3.63, 3.8) is 0 Å². The van der Waals surface area contributed by atoms with Crippen LogP contribution in [0.2, 0.25) is 0 Å². The zero-order valence-electron chi connectivity index (χ0n) is 8.48. The molecule has 4 heteroatoms. The monoisotopic (exact) mass is 272 g/mol. The number of hydrogen-bond donors (Lipinski definition) is 0. The minimum atomic E-state index is -0.419. The van der Waals surface area contributed by atoms with Crippen LogP contribution in [0.4, 0.5) is 0 Å². The van der Waals surface area contributed by atoms with Crippen LogP contribution in [0.5, 0.6) is 5.75 Å². The first-order chi connectivity index (χ1) is 7.24. The van der Waals surface area contributed by atoms with E-state index in [4.69, 9.17) is 9.47 Å². The highest BCUT2D eigenvalue weighted by Gasteiger charge is 2.16. The topological polar surface area (TPSA) is 35.5 Å². The maximum absolute atomic E-state index is 11.2. The van der Waals surface area contributed by atoms with E-state index in [9.17, 15) is 4.79 Å². The smallest absolute Gasteiger partial charge is 0.323 e. The van der Waals surface area contributed by atoms with E-state index in [-0.39, 0.29) is 12.6 Å². The molecule has 0 aromatic heterocycles. The van der Waals surface area contributed by atoms with Crippen LogP contribution in [0, 0.1) is 0 Å². The van der Waals surface area contributed by atoms with E-state index in [2.05, 4.69) is 15.9 Å². The van der Waals surface area contributed by atoms with Crippen LogP contribution in [0.3, 0.4) is 0 Å². The van der Waals surface area contributed by atoms with E-state index in [1.165, 1.54) is 0 Å². The van der Waals surface area contributed by atoms with Crippen LogP contribution in [0.1, 0.15) is 6.92 Å². The van der Waals surface area contributed by atoms with Crippen molar-refractivity contribution < 1.29 is 14.3 Å². The maximum atomic E-state index is 11.2. The second-order valence-corrected chi connectivity index (χ2v) is 3.95. The second kappa shape index (κ2) is 6.45. The summed E-state index contributed by atoms with van der Waals surface area (Å²) in [4.78, 5) is 10.8. The third-order valence-corrected chi connectivity index (χ3v) is 2.32. The van der Waals surface area contributed by atoms with Gasteiger partial charge in [-0.3, -0.25) is 4.79 Å². The molecule has 1 rings (SSSR count). The Labute approximate surface area is 97.5 Å². The molecule has 82 valence electrons. The van der Waals surface area contributed by atoms with Gasteiger partial charge in [0.1, 0.15) is 17.2 Å². The summed E-state index contributed by atoms with van der Waals surface area (Å²) in [6, 6.07) is 9.34. The number of ether oxygens (including phenoxy) is 2. The average Bonchev–Trinajstić information content (AvgIpc) is 2.27. The molecule has 0 bridgehead atoms. The number of alkyl halides is 1. The zero-order chi connectivity index (χ0) is 11.1. The van der Waals surface area contributed by atoms with E-state index in [0.717, 1.165) is 5.75 Å². The standard InChI is InChI=1S/C11H13BrO3/c1-2-14-11(13)10(12)8-15-9-6-4-3-5-7-9/h3-7,10H,2,8H2,1H3. The molecule has 0 spiro atoms. The number of esters is 1. The third kappa shape index (κ3) is 4.34. The highest BCUT2D eigenvalue weighted by Crippen LogP contribution is 2.11. The van der Waals surface area contributed by atoms with Crippen LogP contribution in [-0.2, 0) is 9.53 Å². The van der Waals surface area contributed by atoms with E-state index < -0.39 is 4.83 Å². The number of para-hydroxylation sites is 1. The molecule has 0 N–H and O–H groups in total. The number of rotatable bonds is 5. The SMILES string of the molecule is CCOC(=O)C(Br)COc1ccccc1. The lowest BCUT2D eigenvalue weighted by Gasteiger charge is -2.10. The summed E-state index contributed by atoms with van der Waals surface area (Å²) in [5.74, 6) is 0.444. The Kier molecular flexibility index (Phi) is 5.18. The molecule has 0 radical (unpaired) electrons. The minimum Gasteiger partial charge on any atom is -0.492 e. The molecule has 1 unspecified atom stereocenters. The summed E-state index contributed by atoms with van der Waals surface area (Å²) >= 11 is 3.20. The lowest BCUT2D eigenvalue weighted by Crippen LogP contribution is -2.24. The minimum absolute atomic E-state index is 0.267. The largest absolute Gasteiger partial charge is 0.492 e. The maximum Gasteiger partial charge on any atom is 0.323 e. The third-order valence-electron chi connectivity index (χ3n) is 1.68. The number of halogens is 1. The first kappa shape index (κ1) is 12.0. The fourth-order valence-corrected chi connectivity index (χ4v) is 1.25. The Hall–Kier alpha value is -1.03. The van der Waals surface area contributed by atoms with Crippen molar-refractivity contribution in [3.8, 4) is 5.75 Å². The van der Waals surface area contributed by atoms with Gasteiger partial charge in [0.2, 0.25) is 0 Å². The summed E-state index contributed by atoms with van der Waals surface area (Å²) < 4.78 is 10.2. The first-order valence-electron chi connectivity index (χ1n) is 4.72. The molecule has 0 fully saturated rings. The van der Waals surface area contributed by atoms with Crippen molar-refractivity contribution in [2.24, 2.45) is 0 Å². The van der Waals surface area contributed by atoms with E-state index in [0.29, 0.717) is 6.61 Å². The Bertz CT molecular complexity index is 300. The molecular formula is C11H13BrO3. The molecule has 0 amide bonds. The highest BCUT2D eigenvalue weighted by atomic mass is 79.9. The van der Waals surface area contributed by atoms with Crippen molar-refractivity contribution in [2.75, 3.05) is 13.2 Å². The van der Waals surface area contributed by atoms with Crippen LogP contribution in [0.15, 0.2) is 30.3 Å². The molecule has 0 aliphatic heterocycles. The first-order valence-corrected chi connectivity index (χ1v) is 5.64. The Morgan fingerprint density at radius 2 is 2.07 bits per heavy atom. The molecule has 0 saturated carbocycles. The lowest BCUT2D eigenvalue weighted by atomic mass is 10.3. The molecule has 3 nitrogen and oxygen atoms in total. The van der Waals surface area contributed by atoms with Gasteiger partial charge >= 0.3 is 5.97 Å². The van der Waals surface area contributed by atoms with Crippen LogP contribution in [0.25, 0.3) is 0 Å². The molecule has 1 aromatic carbocycles. The summed E-state index contributed by atoms with van der Waals surface area (Å²) in [7, 11) is 0. The number of hydrogen-bond acceptors (Lipinski definition) is 3. The predicted octanol–water partition coefficient (Wildman–Crippen LogP) is 2.39. The van der Waals surface area contributed by atoms with Gasteiger partial charge in [-0.2, -0.15) is 0 Å². The molecule has 0 heterocycles. The van der Waals surface area contributed by atoms with E-state index >= 15 is 0 Å². The summed E-state index contributed by atoms with van der Waals surface area (Å²) in [6.45, 7) is 2.42. The van der Waals surface area contributed by atoms with Crippen LogP contribution >= 0.6 is 15.9 Å². The van der Waals surface area contributed by atoms with Gasteiger partial charge in [-0.15, -0.1) is 0 Å². The Morgan fingerprint density at radius 1 is 1.40 bits per heavy atom. The average molecular weight is 273 g/mol. The second-order valence-electron chi connectivity index (χ2n) is 2.84. The number of carbonyl (C=O) groups is 1. The quantitative estimate of drug-likeness (QED) is 0.610. The summed E-state index contributed by atoms with van der Waals surface area (Å²) in [5, 5.41) is 0. The van der Waals surface area contributed by atoms with Crippen molar-refractivity contribution >= 4 is 21.9 Å². The predicted molar refractivity (Wildman–Crippen MR) is 61.3 cm³/mol. The van der Waals surface area contributed by atoms with E-state index in [1.54, 1.807) is 6.92 Å². The van der Waals surface area contributed by atoms with Gasteiger partial charge in [-0.25, -0.2) is 0 Å². The molecular weight excluding hydrogens is 260 g/mol. The molecule has 0 saturated heterocycles. The van der Waals surface area contributed by atoms with Gasteiger partial charge < -0.3 is 9.47 Å². The van der Waals surface area contributed by atoms with Gasteiger partial charge in [0.05, 0.1) is 6.61 Å². The zero-order valence-corrected chi connectivity index (χ0v) is 10.1. The van der Waals surface area contributed by atoms with Crippen LogP contribution in [-0.4, -0.2) is 24.0 Å². The highest BCUT2D eigenvalue weighted by molar-refractivity contribution is 9.10.